The van der Waals surface area contributed by atoms with Crippen molar-refractivity contribution < 1.29 is 24.3 Å². The molecule has 208 valence electrons. The van der Waals surface area contributed by atoms with Gasteiger partial charge < -0.3 is 31.8 Å². The van der Waals surface area contributed by atoms with E-state index in [1.165, 1.54) is 6.92 Å². The van der Waals surface area contributed by atoms with Gasteiger partial charge in [0.2, 0.25) is 17.7 Å². The number of H-pyrrole nitrogens is 1. The predicted octanol–water partition coefficient (Wildman–Crippen LogP) is 1.89. The number of rotatable bonds is 13. The Labute approximate surface area is 227 Å². The molecule has 7 N–H and O–H groups in total. The van der Waals surface area contributed by atoms with Crippen molar-refractivity contribution in [2.24, 2.45) is 11.7 Å². The van der Waals surface area contributed by atoms with Crippen LogP contribution in [0.4, 0.5) is 0 Å². The van der Waals surface area contributed by atoms with E-state index in [4.69, 9.17) is 5.73 Å². The molecule has 1 aromatic heterocycles. The summed E-state index contributed by atoms with van der Waals surface area (Å²) in [5, 5.41) is 18.4. The van der Waals surface area contributed by atoms with Crippen molar-refractivity contribution in [3.05, 3.63) is 71.9 Å². The third-order valence-corrected chi connectivity index (χ3v) is 6.94. The highest BCUT2D eigenvalue weighted by atomic mass is 16.4. The predicted molar refractivity (Wildman–Crippen MR) is 149 cm³/mol. The molecular formula is C29H37N5O5. The van der Waals surface area contributed by atoms with Crippen LogP contribution in [-0.2, 0) is 32.0 Å². The second kappa shape index (κ2) is 13.6. The van der Waals surface area contributed by atoms with Crippen molar-refractivity contribution in [2.75, 3.05) is 0 Å². The number of para-hydroxylation sites is 1. The first-order chi connectivity index (χ1) is 18.6. The molecule has 0 bridgehead atoms. The van der Waals surface area contributed by atoms with Crippen LogP contribution in [0.25, 0.3) is 10.9 Å². The van der Waals surface area contributed by atoms with E-state index in [9.17, 15) is 24.3 Å². The minimum absolute atomic E-state index is 0.0926. The molecule has 5 atom stereocenters. The normalized spacial score (nSPS) is 15.0. The summed E-state index contributed by atoms with van der Waals surface area (Å²) in [6.07, 6.45) is 2.73. The van der Waals surface area contributed by atoms with Gasteiger partial charge in [-0.1, -0.05) is 68.8 Å². The maximum absolute atomic E-state index is 13.4. The number of aliphatic carboxylic acids is 1. The molecule has 3 aromatic rings. The second-order valence-corrected chi connectivity index (χ2v) is 9.86. The molecular weight excluding hydrogens is 498 g/mol. The molecule has 0 aliphatic heterocycles. The summed E-state index contributed by atoms with van der Waals surface area (Å²) in [5.41, 5.74) is 8.56. The Bertz CT molecular complexity index is 1290. The van der Waals surface area contributed by atoms with Crippen LogP contribution in [0.2, 0.25) is 0 Å². The summed E-state index contributed by atoms with van der Waals surface area (Å²) in [4.78, 5) is 54.0. The number of hydrogen-bond donors (Lipinski definition) is 6. The van der Waals surface area contributed by atoms with E-state index in [2.05, 4.69) is 20.9 Å². The first-order valence-corrected chi connectivity index (χ1v) is 13.1. The van der Waals surface area contributed by atoms with Crippen molar-refractivity contribution in [3.63, 3.8) is 0 Å². The number of carbonyl (C=O) groups excluding carboxylic acids is 3. The van der Waals surface area contributed by atoms with Gasteiger partial charge in [-0.05, 0) is 30.0 Å². The van der Waals surface area contributed by atoms with Gasteiger partial charge in [0.05, 0.1) is 6.04 Å². The number of nitrogens with one attached hydrogen (secondary N) is 4. The van der Waals surface area contributed by atoms with E-state index in [1.54, 1.807) is 30.5 Å². The van der Waals surface area contributed by atoms with Gasteiger partial charge >= 0.3 is 5.97 Å². The topological polar surface area (TPSA) is 166 Å². The van der Waals surface area contributed by atoms with Gasteiger partial charge in [0.1, 0.15) is 18.1 Å². The van der Waals surface area contributed by atoms with Crippen molar-refractivity contribution in [2.45, 2.75) is 64.2 Å². The van der Waals surface area contributed by atoms with Crippen LogP contribution in [0.5, 0.6) is 0 Å². The van der Waals surface area contributed by atoms with Crippen LogP contribution in [0.3, 0.4) is 0 Å². The second-order valence-electron chi connectivity index (χ2n) is 9.86. The van der Waals surface area contributed by atoms with Crippen LogP contribution in [-0.4, -0.2) is 57.9 Å². The van der Waals surface area contributed by atoms with Crippen molar-refractivity contribution in [1.82, 2.24) is 20.9 Å². The summed E-state index contributed by atoms with van der Waals surface area (Å²) >= 11 is 0. The highest BCUT2D eigenvalue weighted by molar-refractivity contribution is 5.94. The maximum Gasteiger partial charge on any atom is 0.326 e. The van der Waals surface area contributed by atoms with Crippen LogP contribution in [0.1, 0.15) is 38.3 Å². The number of carboxylic acids is 1. The van der Waals surface area contributed by atoms with E-state index >= 15 is 0 Å². The molecule has 0 spiro atoms. The standard InChI is InChI=1S/C29H37N5O5/c1-4-17(2)25(30)28(37)33-23(15-20-16-31-22-13-9-8-12-21(20)22)27(36)32-18(3)26(35)34-24(29(38)39)14-19-10-6-5-7-11-19/h5-13,16-18,23-25,31H,4,14-15,30H2,1-3H3,(H,32,36)(H,33,37)(H,34,35)(H,38,39). The van der Waals surface area contributed by atoms with Crippen molar-refractivity contribution >= 4 is 34.6 Å². The minimum atomic E-state index is -1.19. The lowest BCUT2D eigenvalue weighted by Gasteiger charge is -2.25. The molecule has 10 nitrogen and oxygen atoms in total. The summed E-state index contributed by atoms with van der Waals surface area (Å²) in [6.45, 7) is 5.25. The average molecular weight is 536 g/mol. The van der Waals surface area contributed by atoms with E-state index in [0.717, 1.165) is 22.0 Å². The molecule has 1 heterocycles. The molecule has 0 saturated heterocycles. The number of carboxylic acid groups (broad SMARTS) is 1. The van der Waals surface area contributed by atoms with Gasteiger partial charge in [-0.2, -0.15) is 0 Å². The number of benzene rings is 2. The van der Waals surface area contributed by atoms with Gasteiger partial charge in [0.25, 0.3) is 0 Å². The number of amides is 3. The lowest BCUT2D eigenvalue weighted by atomic mass is 9.98. The lowest BCUT2D eigenvalue weighted by molar-refractivity contribution is -0.142. The molecule has 0 fully saturated rings. The third kappa shape index (κ3) is 7.90. The van der Waals surface area contributed by atoms with E-state index < -0.39 is 47.9 Å². The monoisotopic (exact) mass is 535 g/mol. The first-order valence-electron chi connectivity index (χ1n) is 13.1. The summed E-state index contributed by atoms with van der Waals surface area (Å²) in [7, 11) is 0. The molecule has 0 saturated carbocycles. The van der Waals surface area contributed by atoms with Gasteiger partial charge in [-0.3, -0.25) is 14.4 Å². The zero-order valence-corrected chi connectivity index (χ0v) is 22.4. The molecule has 3 rings (SSSR count). The quantitative estimate of drug-likeness (QED) is 0.195. The van der Waals surface area contributed by atoms with Crippen LogP contribution in [0, 0.1) is 5.92 Å². The molecule has 10 heteroatoms. The van der Waals surface area contributed by atoms with E-state index in [1.807, 2.05) is 44.2 Å². The lowest BCUT2D eigenvalue weighted by Crippen LogP contribution is -2.57. The molecule has 5 unspecified atom stereocenters. The number of fused-ring (bicyclic) bond motifs is 1. The molecule has 2 aromatic carbocycles. The SMILES string of the molecule is CCC(C)C(N)C(=O)NC(Cc1c[nH]c2ccccc12)C(=O)NC(C)C(=O)NC(Cc1ccccc1)C(=O)O. The zero-order valence-electron chi connectivity index (χ0n) is 22.4. The molecule has 0 radical (unpaired) electrons. The fraction of sp³-hybridized carbons (Fsp3) is 0.379. The number of carbonyl (C=O) groups is 4. The average Bonchev–Trinajstić information content (AvgIpc) is 3.34. The van der Waals surface area contributed by atoms with Crippen LogP contribution in [0.15, 0.2) is 60.8 Å². The van der Waals surface area contributed by atoms with E-state index in [0.29, 0.717) is 6.42 Å². The molecule has 0 aliphatic carbocycles. The molecule has 39 heavy (non-hydrogen) atoms. The minimum Gasteiger partial charge on any atom is -0.480 e. The fourth-order valence-corrected chi connectivity index (χ4v) is 4.24. The smallest absolute Gasteiger partial charge is 0.326 e. The maximum atomic E-state index is 13.4. The van der Waals surface area contributed by atoms with Gasteiger partial charge in [-0.15, -0.1) is 0 Å². The number of nitrogens with two attached hydrogens (primary N) is 1. The van der Waals surface area contributed by atoms with Gasteiger partial charge in [0, 0.05) is 29.9 Å². The Morgan fingerprint density at radius 3 is 2.15 bits per heavy atom. The first kappa shape index (κ1) is 29.4. The summed E-state index contributed by atoms with van der Waals surface area (Å²) in [5.74, 6) is -2.98. The molecule has 3 amide bonds. The Kier molecular flexibility index (Phi) is 10.2. The summed E-state index contributed by atoms with van der Waals surface area (Å²) < 4.78 is 0. The van der Waals surface area contributed by atoms with Crippen molar-refractivity contribution in [3.8, 4) is 0 Å². The highest BCUT2D eigenvalue weighted by Gasteiger charge is 2.30. The van der Waals surface area contributed by atoms with Crippen molar-refractivity contribution in [1.29, 1.82) is 0 Å². The van der Waals surface area contributed by atoms with E-state index in [-0.39, 0.29) is 18.8 Å². The molecule has 0 aliphatic rings. The Hall–Kier alpha value is -4.18. The van der Waals surface area contributed by atoms with Gasteiger partial charge in [0.15, 0.2) is 0 Å². The Morgan fingerprint density at radius 2 is 1.49 bits per heavy atom. The Balaban J connectivity index is 1.73. The zero-order chi connectivity index (χ0) is 28.5. The Morgan fingerprint density at radius 1 is 0.846 bits per heavy atom. The van der Waals surface area contributed by atoms with Crippen LogP contribution < -0.4 is 21.7 Å². The van der Waals surface area contributed by atoms with Crippen LogP contribution >= 0.6 is 0 Å². The largest absolute Gasteiger partial charge is 0.480 e. The third-order valence-electron chi connectivity index (χ3n) is 6.94. The van der Waals surface area contributed by atoms with Gasteiger partial charge in [-0.25, -0.2) is 4.79 Å². The fourth-order valence-electron chi connectivity index (χ4n) is 4.24. The number of aromatic amines is 1. The summed E-state index contributed by atoms with van der Waals surface area (Å²) in [6, 6.07) is 12.5. The number of hydrogen-bond acceptors (Lipinski definition) is 5. The number of aromatic nitrogens is 1. The highest BCUT2D eigenvalue weighted by Crippen LogP contribution is 2.19.